The Bertz CT molecular complexity index is 2750. The third kappa shape index (κ3) is 19.2. The van der Waals surface area contributed by atoms with Gasteiger partial charge in [0, 0.05) is 132 Å². The van der Waals surface area contributed by atoms with Gasteiger partial charge in [0.15, 0.2) is 5.65 Å². The molecule has 3 aliphatic heterocycles. The maximum absolute atomic E-state index is 13.9. The predicted octanol–water partition coefficient (Wildman–Crippen LogP) is 5.27. The number of piperazine rings is 1. The van der Waals surface area contributed by atoms with E-state index in [1.807, 2.05) is 67.4 Å². The van der Waals surface area contributed by atoms with Crippen LogP contribution in [0.25, 0.3) is 22.3 Å². The monoisotopic (exact) mass is 1160 g/mol. The number of pyridine rings is 3. The Labute approximate surface area is 487 Å². The number of rotatable bonds is 36. The molecule has 0 aromatic carbocycles. The highest BCUT2D eigenvalue weighted by Crippen LogP contribution is 2.37. The third-order valence-electron chi connectivity index (χ3n) is 15.2. The van der Waals surface area contributed by atoms with Crippen LogP contribution in [0, 0.1) is 6.92 Å². The molecule has 3 atom stereocenters. The normalized spacial score (nSPS) is 17.1. The fraction of sp³-hybridized carbons (Fsp3) is 0.644. The molecular formula is C59H89N13O9S. The van der Waals surface area contributed by atoms with Crippen LogP contribution in [0.1, 0.15) is 131 Å². The maximum atomic E-state index is 13.9. The van der Waals surface area contributed by atoms with E-state index in [-0.39, 0.29) is 59.9 Å². The summed E-state index contributed by atoms with van der Waals surface area (Å²) in [6.07, 6.45) is 12.8. The number of unbranched alkanes of at least 4 members (excludes halogenated alkanes) is 2. The zero-order valence-corrected chi connectivity index (χ0v) is 49.8. The molecule has 0 bridgehead atoms. The Balaban J connectivity index is 0.657. The Morgan fingerprint density at radius 2 is 1.44 bits per heavy atom. The number of likely N-dealkylation sites (N-methyl/N-ethyl adjacent to an activating group) is 1. The first-order chi connectivity index (χ1) is 39.8. The quantitative estimate of drug-likeness (QED) is 0.0250. The molecule has 0 aliphatic carbocycles. The molecule has 1 unspecified atom stereocenters. The highest BCUT2D eigenvalue weighted by Gasteiger charge is 2.46. The summed E-state index contributed by atoms with van der Waals surface area (Å²) in [5.41, 5.74) is 4.53. The Morgan fingerprint density at radius 3 is 2.09 bits per heavy atom. The van der Waals surface area contributed by atoms with Crippen molar-refractivity contribution in [2.45, 2.75) is 141 Å². The van der Waals surface area contributed by atoms with Gasteiger partial charge in [0.05, 0.1) is 61.4 Å². The SMILES string of the molecule is CCCc1cc(C)[nH]c(=O)c1CNC(=O)c1cc(-c2ccc(N3CCN(CCCCNC(=O)CCCC(=O)NCCCOCCOCCOCCCNC(=O)CCCC[C@@H]4SC[C@@H]5NC(=O)N(C)C54)CC3)nc2)nc2c1cnn2C(C)C. The number of nitrogens with zero attached hydrogens (tertiary/aromatic N) is 7. The number of aromatic amines is 1. The van der Waals surface area contributed by atoms with Crippen molar-refractivity contribution in [3.8, 4) is 11.3 Å². The number of fused-ring (bicyclic) bond motifs is 2. The fourth-order valence-electron chi connectivity index (χ4n) is 10.7. The lowest BCUT2D eigenvalue weighted by Gasteiger charge is -2.35. The molecule has 6 N–H and O–H groups in total. The summed E-state index contributed by atoms with van der Waals surface area (Å²) in [6, 6.07) is 8.31. The summed E-state index contributed by atoms with van der Waals surface area (Å²) < 4.78 is 18.6. The van der Waals surface area contributed by atoms with Gasteiger partial charge in [0.25, 0.3) is 11.5 Å². The second-order valence-corrected chi connectivity index (χ2v) is 23.1. The molecule has 3 saturated heterocycles. The number of H-pyrrole nitrogens is 1. The molecule has 22 nitrogen and oxygen atoms in total. The van der Waals surface area contributed by atoms with Gasteiger partial charge in [0.1, 0.15) is 5.82 Å². The molecule has 23 heteroatoms. The first-order valence-corrected chi connectivity index (χ1v) is 30.8. The van der Waals surface area contributed by atoms with Gasteiger partial charge in [-0.25, -0.2) is 19.4 Å². The number of aryl methyl sites for hydroxylation is 2. The van der Waals surface area contributed by atoms with Crippen LogP contribution < -0.4 is 37.0 Å². The van der Waals surface area contributed by atoms with Crippen LogP contribution in [0.15, 0.2) is 41.5 Å². The smallest absolute Gasteiger partial charge is 0.317 e. The Hall–Kier alpha value is -6.14. The van der Waals surface area contributed by atoms with Crippen molar-refractivity contribution >= 4 is 58.3 Å². The first kappa shape index (κ1) is 63.4. The number of thioether (sulfide) groups is 1. The van der Waals surface area contributed by atoms with Crippen LogP contribution in [0.4, 0.5) is 10.6 Å². The van der Waals surface area contributed by atoms with Gasteiger partial charge in [-0.2, -0.15) is 16.9 Å². The largest absolute Gasteiger partial charge is 0.379 e. The lowest BCUT2D eigenvalue weighted by atomic mass is 10.0. The van der Waals surface area contributed by atoms with Crippen LogP contribution in [0.2, 0.25) is 0 Å². The number of carbonyl (C=O) groups excluding carboxylic acids is 5. The molecule has 0 radical (unpaired) electrons. The van der Waals surface area contributed by atoms with E-state index in [0.717, 1.165) is 112 Å². The standard InChI is InChI=1S/C59H89N13O9S/c1-6-14-43-35-42(4)66-58(77)46(43)38-64-57(76)45-36-48(67-56-47(45)39-65-72(56)41(2)3)44-19-20-51(63-37-44)71-27-25-70(26-28-71)24-10-9-21-60-53(74)17-11-18-54(75)62-23-13-30-80-32-34-81-33-31-79-29-12-22-61-52(73)16-8-7-15-50-55-49(40-82-50)68-59(78)69(55)5/h19-20,35-37,39,41,49-50,55H,6-18,21-34,38,40H2,1-5H3,(H,60,74)(H,61,73)(H,62,75)(H,64,76)(H,66,77)(H,68,78)/t49-,50-,55?/m0/s1. The van der Waals surface area contributed by atoms with Gasteiger partial charge >= 0.3 is 6.03 Å². The topological polar surface area (TPSA) is 259 Å². The number of carbonyl (C=O) groups is 5. The van der Waals surface area contributed by atoms with Crippen LogP contribution in [0.3, 0.4) is 0 Å². The first-order valence-electron chi connectivity index (χ1n) is 29.8. The summed E-state index contributed by atoms with van der Waals surface area (Å²) >= 11 is 1.92. The van der Waals surface area contributed by atoms with Crippen molar-refractivity contribution in [3.63, 3.8) is 0 Å². The second-order valence-electron chi connectivity index (χ2n) is 21.9. The van der Waals surface area contributed by atoms with E-state index >= 15 is 0 Å². The Morgan fingerprint density at radius 1 is 0.780 bits per heavy atom. The molecule has 0 saturated carbocycles. The molecule has 7 heterocycles. The van der Waals surface area contributed by atoms with Gasteiger partial charge in [-0.15, -0.1) is 0 Å². The number of urea groups is 1. The van der Waals surface area contributed by atoms with Gasteiger partial charge in [0.2, 0.25) is 17.7 Å². The minimum absolute atomic E-state index is 0.0168. The number of ether oxygens (including phenoxy) is 3. The van der Waals surface area contributed by atoms with E-state index in [9.17, 15) is 28.8 Å². The minimum Gasteiger partial charge on any atom is -0.379 e. The number of aromatic nitrogens is 5. The van der Waals surface area contributed by atoms with Crippen molar-refractivity contribution in [1.82, 2.24) is 61.1 Å². The van der Waals surface area contributed by atoms with E-state index in [1.165, 1.54) is 0 Å². The maximum Gasteiger partial charge on any atom is 0.317 e. The van der Waals surface area contributed by atoms with Gasteiger partial charge in [-0.3, -0.25) is 28.9 Å². The lowest BCUT2D eigenvalue weighted by molar-refractivity contribution is -0.123. The third-order valence-corrected chi connectivity index (χ3v) is 16.7. The second kappa shape index (κ2) is 33.2. The molecular weight excluding hydrogens is 1070 g/mol. The number of hydrogen-bond donors (Lipinski definition) is 6. The molecule has 82 heavy (non-hydrogen) atoms. The van der Waals surface area contributed by atoms with Gasteiger partial charge < -0.3 is 55.6 Å². The van der Waals surface area contributed by atoms with E-state index in [1.54, 1.807) is 18.5 Å². The van der Waals surface area contributed by atoms with Crippen molar-refractivity contribution < 1.29 is 38.2 Å². The summed E-state index contributed by atoms with van der Waals surface area (Å²) in [7, 11) is 1.87. The van der Waals surface area contributed by atoms with Crippen LogP contribution in [-0.4, -0.2) is 186 Å². The van der Waals surface area contributed by atoms with E-state index in [0.29, 0.717) is 124 Å². The van der Waals surface area contributed by atoms with Gasteiger partial charge in [-0.1, -0.05) is 19.8 Å². The van der Waals surface area contributed by atoms with E-state index in [2.05, 4.69) is 53.4 Å². The summed E-state index contributed by atoms with van der Waals surface area (Å²) in [5, 5.41) is 20.6. The van der Waals surface area contributed by atoms with E-state index in [4.69, 9.17) is 24.2 Å². The summed E-state index contributed by atoms with van der Waals surface area (Å²) in [4.78, 5) is 94.9. The fourth-order valence-corrected chi connectivity index (χ4v) is 12.3. The molecule has 4 aromatic rings. The van der Waals surface area contributed by atoms with E-state index < -0.39 is 0 Å². The van der Waals surface area contributed by atoms with Crippen LogP contribution >= 0.6 is 11.8 Å². The van der Waals surface area contributed by atoms with Crippen LogP contribution in [0.5, 0.6) is 0 Å². The highest BCUT2D eigenvalue weighted by atomic mass is 32.2. The molecule has 6 amide bonds. The number of nitrogens with one attached hydrogen (secondary N) is 6. The number of anilines is 1. The minimum atomic E-state index is -0.310. The Kier molecular flexibility index (Phi) is 25.7. The molecule has 3 aliphatic rings. The summed E-state index contributed by atoms with van der Waals surface area (Å²) in [6.45, 7) is 17.1. The zero-order valence-electron chi connectivity index (χ0n) is 49.0. The van der Waals surface area contributed by atoms with Crippen molar-refractivity contribution in [2.75, 3.05) is 110 Å². The molecule has 4 aromatic heterocycles. The molecule has 450 valence electrons. The number of amides is 6. The molecule has 7 rings (SSSR count). The summed E-state index contributed by atoms with van der Waals surface area (Å²) in [5.74, 6) is 1.49. The van der Waals surface area contributed by atoms with Crippen molar-refractivity contribution in [1.29, 1.82) is 0 Å². The van der Waals surface area contributed by atoms with Gasteiger partial charge in [-0.05, 0) is 109 Å². The zero-order chi connectivity index (χ0) is 58.2. The average molecular weight is 1160 g/mol. The predicted molar refractivity (Wildman–Crippen MR) is 319 cm³/mol. The number of hydrogen-bond acceptors (Lipinski definition) is 15. The van der Waals surface area contributed by atoms with Crippen molar-refractivity contribution in [3.05, 3.63) is 69.4 Å². The van der Waals surface area contributed by atoms with Crippen molar-refractivity contribution in [2.24, 2.45) is 0 Å². The van der Waals surface area contributed by atoms with Crippen LogP contribution in [-0.2, 0) is 41.6 Å². The lowest BCUT2D eigenvalue weighted by Crippen LogP contribution is -2.47. The highest BCUT2D eigenvalue weighted by molar-refractivity contribution is 8.00. The molecule has 3 fully saturated rings. The molecule has 0 spiro atoms. The average Bonchev–Trinajstić information content (AvgIpc) is 4.01.